The second kappa shape index (κ2) is 9.43. The third-order valence-electron chi connectivity index (χ3n) is 5.40. The van der Waals surface area contributed by atoms with Crippen LogP contribution in [0.2, 0.25) is 0 Å². The lowest BCUT2D eigenvalue weighted by Gasteiger charge is -2.26. The van der Waals surface area contributed by atoms with E-state index < -0.39 is 0 Å². The van der Waals surface area contributed by atoms with Crippen LogP contribution in [0.3, 0.4) is 0 Å². The molecule has 148 valence electrons. The molecule has 2 heterocycles. The lowest BCUT2D eigenvalue weighted by Crippen LogP contribution is -2.35. The van der Waals surface area contributed by atoms with Gasteiger partial charge in [0.2, 0.25) is 0 Å². The molecule has 5 heteroatoms. The van der Waals surface area contributed by atoms with Crippen molar-refractivity contribution in [3.05, 3.63) is 70.8 Å². The summed E-state index contributed by atoms with van der Waals surface area (Å²) in [5, 5.41) is 0. The summed E-state index contributed by atoms with van der Waals surface area (Å²) in [6.45, 7) is 8.66. The standard InChI is InChI=1S/C23H28N2O3/c26-23(21-5-1-3-19(15-21)17-24-7-11-27-12-8-24)22-6-2-4-20(16-22)18-25-9-13-28-14-10-25/h1-6,15-16H,7-14,17-18H2. The van der Waals surface area contributed by atoms with E-state index in [0.29, 0.717) is 0 Å². The van der Waals surface area contributed by atoms with E-state index in [2.05, 4.69) is 21.9 Å². The number of hydrogen-bond acceptors (Lipinski definition) is 5. The summed E-state index contributed by atoms with van der Waals surface area (Å²) in [6.07, 6.45) is 0. The highest BCUT2D eigenvalue weighted by molar-refractivity contribution is 6.09. The molecule has 0 N–H and O–H groups in total. The van der Waals surface area contributed by atoms with Crippen molar-refractivity contribution < 1.29 is 14.3 Å². The van der Waals surface area contributed by atoms with Gasteiger partial charge in [0.15, 0.2) is 5.78 Å². The molecule has 2 fully saturated rings. The van der Waals surface area contributed by atoms with Crippen LogP contribution in [-0.2, 0) is 22.6 Å². The predicted molar refractivity (Wildman–Crippen MR) is 109 cm³/mol. The van der Waals surface area contributed by atoms with Crippen LogP contribution in [0.15, 0.2) is 48.5 Å². The van der Waals surface area contributed by atoms with E-state index in [1.807, 2.05) is 36.4 Å². The highest BCUT2D eigenvalue weighted by Crippen LogP contribution is 2.16. The molecule has 28 heavy (non-hydrogen) atoms. The summed E-state index contributed by atoms with van der Waals surface area (Å²) in [6, 6.07) is 16.1. The number of nitrogens with zero attached hydrogens (tertiary/aromatic N) is 2. The topological polar surface area (TPSA) is 42.0 Å². The summed E-state index contributed by atoms with van der Waals surface area (Å²) >= 11 is 0. The number of hydrogen-bond donors (Lipinski definition) is 0. The Morgan fingerprint density at radius 3 is 1.57 bits per heavy atom. The Labute approximate surface area is 166 Å². The molecule has 2 aromatic rings. The van der Waals surface area contributed by atoms with Gasteiger partial charge in [0.05, 0.1) is 26.4 Å². The summed E-state index contributed by atoms with van der Waals surface area (Å²) in [5.74, 6) is 0.0904. The van der Waals surface area contributed by atoms with Crippen molar-refractivity contribution in [2.24, 2.45) is 0 Å². The van der Waals surface area contributed by atoms with Crippen molar-refractivity contribution in [3.63, 3.8) is 0 Å². The van der Waals surface area contributed by atoms with E-state index in [1.54, 1.807) is 0 Å². The average molecular weight is 380 g/mol. The van der Waals surface area contributed by atoms with Gasteiger partial charge in [-0.3, -0.25) is 14.6 Å². The summed E-state index contributed by atoms with van der Waals surface area (Å²) in [5.41, 5.74) is 3.87. The molecule has 0 bridgehead atoms. The highest BCUT2D eigenvalue weighted by atomic mass is 16.5. The van der Waals surface area contributed by atoms with E-state index in [4.69, 9.17) is 9.47 Å². The van der Waals surface area contributed by atoms with Gasteiger partial charge in [0.25, 0.3) is 0 Å². The minimum atomic E-state index is 0.0904. The lowest BCUT2D eigenvalue weighted by molar-refractivity contribution is 0.0341. The summed E-state index contributed by atoms with van der Waals surface area (Å²) in [4.78, 5) is 17.8. The van der Waals surface area contributed by atoms with Gasteiger partial charge in [-0.25, -0.2) is 0 Å². The smallest absolute Gasteiger partial charge is 0.193 e. The first-order valence-electron chi connectivity index (χ1n) is 10.1. The number of benzene rings is 2. The Bertz CT molecular complexity index is 730. The van der Waals surface area contributed by atoms with Gasteiger partial charge >= 0.3 is 0 Å². The first-order valence-corrected chi connectivity index (χ1v) is 10.1. The molecule has 0 unspecified atom stereocenters. The largest absolute Gasteiger partial charge is 0.379 e. The minimum Gasteiger partial charge on any atom is -0.379 e. The zero-order chi connectivity index (χ0) is 19.2. The second-order valence-corrected chi connectivity index (χ2v) is 7.51. The first kappa shape index (κ1) is 19.3. The van der Waals surface area contributed by atoms with Gasteiger partial charge in [0, 0.05) is 50.4 Å². The Morgan fingerprint density at radius 1 is 0.714 bits per heavy atom. The van der Waals surface area contributed by atoms with Gasteiger partial charge in [-0.15, -0.1) is 0 Å². The Hall–Kier alpha value is -2.05. The Balaban J connectivity index is 1.44. The van der Waals surface area contributed by atoms with Crippen LogP contribution in [0.5, 0.6) is 0 Å². The van der Waals surface area contributed by atoms with Crippen LogP contribution in [0.25, 0.3) is 0 Å². The number of carbonyl (C=O) groups is 1. The fourth-order valence-electron chi connectivity index (χ4n) is 3.82. The maximum Gasteiger partial charge on any atom is 0.193 e. The van der Waals surface area contributed by atoms with Crippen LogP contribution in [0, 0.1) is 0 Å². The van der Waals surface area contributed by atoms with Gasteiger partial charge in [-0.2, -0.15) is 0 Å². The molecular formula is C23H28N2O3. The molecule has 4 rings (SSSR count). The fraction of sp³-hybridized carbons (Fsp3) is 0.435. The van der Waals surface area contributed by atoms with Crippen LogP contribution in [-0.4, -0.2) is 68.2 Å². The van der Waals surface area contributed by atoms with Gasteiger partial charge in [0.1, 0.15) is 0 Å². The lowest BCUT2D eigenvalue weighted by atomic mass is 9.99. The van der Waals surface area contributed by atoms with E-state index >= 15 is 0 Å². The van der Waals surface area contributed by atoms with Crippen molar-refractivity contribution in [2.45, 2.75) is 13.1 Å². The molecule has 0 atom stereocenters. The number of ether oxygens (including phenoxy) is 2. The van der Waals surface area contributed by atoms with Crippen molar-refractivity contribution >= 4 is 5.78 Å². The Morgan fingerprint density at radius 2 is 1.14 bits per heavy atom. The average Bonchev–Trinajstić information content (AvgIpc) is 2.75. The van der Waals surface area contributed by atoms with Crippen LogP contribution in [0.4, 0.5) is 0 Å². The zero-order valence-corrected chi connectivity index (χ0v) is 16.3. The van der Waals surface area contributed by atoms with Crippen LogP contribution >= 0.6 is 0 Å². The molecule has 0 aromatic heterocycles. The second-order valence-electron chi connectivity index (χ2n) is 7.51. The molecule has 0 amide bonds. The zero-order valence-electron chi connectivity index (χ0n) is 16.3. The molecule has 2 saturated heterocycles. The Kier molecular flexibility index (Phi) is 6.49. The number of carbonyl (C=O) groups excluding carboxylic acids is 1. The fourth-order valence-corrected chi connectivity index (χ4v) is 3.82. The van der Waals surface area contributed by atoms with E-state index in [9.17, 15) is 4.79 Å². The molecule has 2 aromatic carbocycles. The van der Waals surface area contributed by atoms with Crippen LogP contribution in [0.1, 0.15) is 27.0 Å². The van der Waals surface area contributed by atoms with Crippen molar-refractivity contribution in [2.75, 3.05) is 52.6 Å². The molecule has 5 nitrogen and oxygen atoms in total. The molecule has 0 spiro atoms. The number of rotatable bonds is 6. The van der Waals surface area contributed by atoms with E-state index in [1.165, 1.54) is 11.1 Å². The van der Waals surface area contributed by atoms with Gasteiger partial charge in [-0.05, 0) is 23.3 Å². The summed E-state index contributed by atoms with van der Waals surface area (Å²) < 4.78 is 10.8. The van der Waals surface area contributed by atoms with Crippen molar-refractivity contribution in [1.29, 1.82) is 0 Å². The molecule has 0 aliphatic carbocycles. The summed E-state index contributed by atoms with van der Waals surface area (Å²) in [7, 11) is 0. The minimum absolute atomic E-state index is 0.0904. The molecule has 0 radical (unpaired) electrons. The quantitative estimate of drug-likeness (QED) is 0.721. The molecule has 2 aliphatic rings. The van der Waals surface area contributed by atoms with Crippen molar-refractivity contribution in [3.8, 4) is 0 Å². The highest BCUT2D eigenvalue weighted by Gasteiger charge is 2.15. The number of morpholine rings is 2. The predicted octanol–water partition coefficient (Wildman–Crippen LogP) is 2.58. The maximum absolute atomic E-state index is 13.1. The van der Waals surface area contributed by atoms with E-state index in [0.717, 1.165) is 76.8 Å². The maximum atomic E-state index is 13.1. The van der Waals surface area contributed by atoms with Gasteiger partial charge < -0.3 is 9.47 Å². The molecule has 2 aliphatic heterocycles. The van der Waals surface area contributed by atoms with Gasteiger partial charge in [-0.1, -0.05) is 36.4 Å². The normalized spacial score (nSPS) is 18.9. The SMILES string of the molecule is O=C(c1cccc(CN2CCOCC2)c1)c1cccc(CN2CCOCC2)c1. The monoisotopic (exact) mass is 380 g/mol. The van der Waals surface area contributed by atoms with Crippen LogP contribution < -0.4 is 0 Å². The first-order chi connectivity index (χ1) is 13.8. The van der Waals surface area contributed by atoms with E-state index in [-0.39, 0.29) is 5.78 Å². The van der Waals surface area contributed by atoms with Crippen molar-refractivity contribution in [1.82, 2.24) is 9.80 Å². The number of ketones is 1. The third-order valence-corrected chi connectivity index (χ3v) is 5.40. The molecular weight excluding hydrogens is 352 g/mol. The third kappa shape index (κ3) is 5.06. The molecule has 0 saturated carbocycles.